The van der Waals surface area contributed by atoms with Crippen LogP contribution in [-0.2, 0) is 9.53 Å². The standard InChI is InChI=1S/C15H20ClNO3/c1-11(2)10-17(8-7-14(18)20-3)15(19)12-5-4-6-13(16)9-12/h4-6,9,11H,7-8,10H2,1-3H3. The predicted molar refractivity (Wildman–Crippen MR) is 78.8 cm³/mol. The van der Waals surface area contributed by atoms with Gasteiger partial charge in [0.2, 0.25) is 0 Å². The molecule has 0 bridgehead atoms. The first-order chi connectivity index (χ1) is 9.43. The van der Waals surface area contributed by atoms with Gasteiger partial charge in [0, 0.05) is 23.7 Å². The van der Waals surface area contributed by atoms with Gasteiger partial charge in [0.25, 0.3) is 5.91 Å². The maximum absolute atomic E-state index is 12.4. The van der Waals surface area contributed by atoms with E-state index < -0.39 is 0 Å². The molecule has 0 saturated heterocycles. The van der Waals surface area contributed by atoms with Gasteiger partial charge in [0.15, 0.2) is 0 Å². The number of benzene rings is 1. The Kier molecular flexibility index (Phi) is 6.52. The van der Waals surface area contributed by atoms with E-state index in [9.17, 15) is 9.59 Å². The van der Waals surface area contributed by atoms with Crippen molar-refractivity contribution in [3.63, 3.8) is 0 Å². The molecule has 1 aromatic rings. The van der Waals surface area contributed by atoms with Crippen LogP contribution in [0.4, 0.5) is 0 Å². The van der Waals surface area contributed by atoms with Crippen molar-refractivity contribution in [3.8, 4) is 0 Å². The van der Waals surface area contributed by atoms with Gasteiger partial charge in [-0.2, -0.15) is 0 Å². The molecule has 0 aliphatic carbocycles. The second-order valence-electron chi connectivity index (χ2n) is 4.98. The maximum Gasteiger partial charge on any atom is 0.307 e. The summed E-state index contributed by atoms with van der Waals surface area (Å²) in [5.41, 5.74) is 0.531. The fourth-order valence-electron chi connectivity index (χ4n) is 1.85. The van der Waals surface area contributed by atoms with Crippen LogP contribution in [0.3, 0.4) is 0 Å². The lowest BCUT2D eigenvalue weighted by atomic mass is 10.1. The minimum absolute atomic E-state index is 0.120. The summed E-state index contributed by atoms with van der Waals surface area (Å²) in [6.45, 7) is 4.98. The van der Waals surface area contributed by atoms with E-state index in [4.69, 9.17) is 11.6 Å². The second-order valence-corrected chi connectivity index (χ2v) is 5.42. The number of amides is 1. The van der Waals surface area contributed by atoms with Gasteiger partial charge in [-0.25, -0.2) is 0 Å². The Balaban J connectivity index is 2.81. The van der Waals surface area contributed by atoms with Crippen molar-refractivity contribution >= 4 is 23.5 Å². The molecule has 0 aromatic heterocycles. The molecule has 0 spiro atoms. The fourth-order valence-corrected chi connectivity index (χ4v) is 2.04. The normalized spacial score (nSPS) is 10.4. The number of carbonyl (C=O) groups excluding carboxylic acids is 2. The first kappa shape index (κ1) is 16.5. The van der Waals surface area contributed by atoms with Crippen molar-refractivity contribution in [1.82, 2.24) is 4.90 Å². The largest absolute Gasteiger partial charge is 0.469 e. The van der Waals surface area contributed by atoms with Crippen LogP contribution in [0.15, 0.2) is 24.3 Å². The molecule has 5 heteroatoms. The Labute approximate surface area is 124 Å². The summed E-state index contributed by atoms with van der Waals surface area (Å²) in [4.78, 5) is 25.3. The molecule has 0 N–H and O–H groups in total. The highest BCUT2D eigenvalue weighted by Crippen LogP contribution is 2.14. The summed E-state index contributed by atoms with van der Waals surface area (Å²) >= 11 is 5.90. The smallest absolute Gasteiger partial charge is 0.307 e. The van der Waals surface area contributed by atoms with Crippen LogP contribution >= 0.6 is 11.6 Å². The van der Waals surface area contributed by atoms with Crippen LogP contribution in [0, 0.1) is 5.92 Å². The maximum atomic E-state index is 12.4. The van der Waals surface area contributed by atoms with Gasteiger partial charge in [-0.3, -0.25) is 9.59 Å². The van der Waals surface area contributed by atoms with Crippen molar-refractivity contribution in [3.05, 3.63) is 34.9 Å². The van der Waals surface area contributed by atoms with E-state index in [0.29, 0.717) is 29.6 Å². The number of esters is 1. The molecule has 1 rings (SSSR count). The predicted octanol–water partition coefficient (Wildman–Crippen LogP) is 3.00. The number of halogens is 1. The molecule has 0 aliphatic heterocycles. The first-order valence-corrected chi connectivity index (χ1v) is 6.93. The molecule has 0 radical (unpaired) electrons. The molecule has 110 valence electrons. The Morgan fingerprint density at radius 3 is 2.60 bits per heavy atom. The SMILES string of the molecule is COC(=O)CCN(CC(C)C)C(=O)c1cccc(Cl)c1. The fraction of sp³-hybridized carbons (Fsp3) is 0.467. The minimum atomic E-state index is -0.322. The Morgan fingerprint density at radius 1 is 1.35 bits per heavy atom. The van der Waals surface area contributed by atoms with E-state index in [1.54, 1.807) is 29.2 Å². The lowest BCUT2D eigenvalue weighted by molar-refractivity contribution is -0.140. The number of nitrogens with zero attached hydrogens (tertiary/aromatic N) is 1. The molecule has 0 aliphatic rings. The van der Waals surface area contributed by atoms with Crippen LogP contribution < -0.4 is 0 Å². The van der Waals surface area contributed by atoms with Crippen LogP contribution in [0.5, 0.6) is 0 Å². The van der Waals surface area contributed by atoms with E-state index in [-0.39, 0.29) is 18.3 Å². The zero-order valence-electron chi connectivity index (χ0n) is 12.1. The minimum Gasteiger partial charge on any atom is -0.469 e. The number of carbonyl (C=O) groups is 2. The second kappa shape index (κ2) is 7.90. The van der Waals surface area contributed by atoms with Crippen LogP contribution in [0.2, 0.25) is 5.02 Å². The summed E-state index contributed by atoms with van der Waals surface area (Å²) in [5, 5.41) is 0.522. The summed E-state index contributed by atoms with van der Waals surface area (Å²) in [7, 11) is 1.34. The van der Waals surface area contributed by atoms with E-state index in [2.05, 4.69) is 4.74 Å². The average Bonchev–Trinajstić information content (AvgIpc) is 2.41. The molecular formula is C15H20ClNO3. The molecule has 0 atom stereocenters. The van der Waals surface area contributed by atoms with E-state index >= 15 is 0 Å². The van der Waals surface area contributed by atoms with Gasteiger partial charge >= 0.3 is 5.97 Å². The Morgan fingerprint density at radius 2 is 2.05 bits per heavy atom. The van der Waals surface area contributed by atoms with Crippen molar-refractivity contribution < 1.29 is 14.3 Å². The van der Waals surface area contributed by atoms with Crippen LogP contribution in [-0.4, -0.2) is 37.0 Å². The third-order valence-corrected chi connectivity index (χ3v) is 2.99. The van der Waals surface area contributed by atoms with Crippen LogP contribution in [0.25, 0.3) is 0 Å². The zero-order chi connectivity index (χ0) is 15.1. The monoisotopic (exact) mass is 297 g/mol. The molecule has 0 unspecified atom stereocenters. The highest BCUT2D eigenvalue weighted by molar-refractivity contribution is 6.30. The quantitative estimate of drug-likeness (QED) is 0.758. The van der Waals surface area contributed by atoms with E-state index in [1.165, 1.54) is 7.11 Å². The van der Waals surface area contributed by atoms with Gasteiger partial charge in [0.05, 0.1) is 13.5 Å². The molecule has 1 aromatic carbocycles. The number of rotatable bonds is 6. The summed E-state index contributed by atoms with van der Waals surface area (Å²) in [6, 6.07) is 6.82. The molecule has 0 fully saturated rings. The molecule has 20 heavy (non-hydrogen) atoms. The van der Waals surface area contributed by atoms with E-state index in [0.717, 1.165) is 0 Å². The molecule has 0 heterocycles. The highest BCUT2D eigenvalue weighted by Gasteiger charge is 2.18. The summed E-state index contributed by atoms with van der Waals surface area (Å²) < 4.78 is 4.61. The molecule has 0 saturated carbocycles. The topological polar surface area (TPSA) is 46.6 Å². The molecule has 1 amide bonds. The van der Waals surface area contributed by atoms with Crippen molar-refractivity contribution in [2.45, 2.75) is 20.3 Å². The number of hydrogen-bond acceptors (Lipinski definition) is 3. The van der Waals surface area contributed by atoms with Crippen molar-refractivity contribution in [2.75, 3.05) is 20.2 Å². The van der Waals surface area contributed by atoms with Crippen molar-refractivity contribution in [2.24, 2.45) is 5.92 Å². The Bertz CT molecular complexity index is 474. The molecular weight excluding hydrogens is 278 g/mol. The third-order valence-electron chi connectivity index (χ3n) is 2.76. The van der Waals surface area contributed by atoms with Crippen molar-refractivity contribution in [1.29, 1.82) is 0 Å². The van der Waals surface area contributed by atoms with Crippen LogP contribution in [0.1, 0.15) is 30.6 Å². The Hall–Kier alpha value is -1.55. The summed E-state index contributed by atoms with van der Waals surface area (Å²) in [6.07, 6.45) is 0.190. The molecule has 4 nitrogen and oxygen atoms in total. The highest BCUT2D eigenvalue weighted by atomic mass is 35.5. The van der Waals surface area contributed by atoms with Gasteiger partial charge in [-0.15, -0.1) is 0 Å². The number of hydrogen-bond donors (Lipinski definition) is 0. The van der Waals surface area contributed by atoms with Gasteiger partial charge in [-0.05, 0) is 24.1 Å². The third kappa shape index (κ3) is 5.21. The number of methoxy groups -OCH3 is 1. The average molecular weight is 298 g/mol. The first-order valence-electron chi connectivity index (χ1n) is 6.55. The number of ether oxygens (including phenoxy) is 1. The van der Waals surface area contributed by atoms with E-state index in [1.807, 2.05) is 13.8 Å². The lowest BCUT2D eigenvalue weighted by Gasteiger charge is -2.24. The zero-order valence-corrected chi connectivity index (χ0v) is 12.8. The van der Waals surface area contributed by atoms with Gasteiger partial charge < -0.3 is 9.64 Å². The van der Waals surface area contributed by atoms with Gasteiger partial charge in [0.1, 0.15) is 0 Å². The summed E-state index contributed by atoms with van der Waals surface area (Å²) in [5.74, 6) is -0.126. The van der Waals surface area contributed by atoms with Gasteiger partial charge in [-0.1, -0.05) is 31.5 Å². The lowest BCUT2D eigenvalue weighted by Crippen LogP contribution is -2.36.